The monoisotopic (exact) mass is 200 g/mol. The summed E-state index contributed by atoms with van der Waals surface area (Å²) in [7, 11) is 0. The van der Waals surface area contributed by atoms with E-state index in [-0.39, 0.29) is 29.3 Å². The molecule has 0 aromatic carbocycles. The molecule has 0 heterocycles. The van der Waals surface area contributed by atoms with Crippen molar-refractivity contribution in [2.45, 2.75) is 26.7 Å². The first-order chi connectivity index (χ1) is 4.66. The molecule has 0 radical (unpaired) electrons. The minimum absolute atomic E-state index is 0. The van der Waals surface area contributed by atoms with Crippen molar-refractivity contribution >= 4 is 11.8 Å². The van der Waals surface area contributed by atoms with Crippen LogP contribution in [0.5, 0.6) is 0 Å². The van der Waals surface area contributed by atoms with Crippen LogP contribution in [-0.4, -0.2) is 18.4 Å². The average molecular weight is 200 g/mol. The van der Waals surface area contributed by atoms with E-state index >= 15 is 0 Å². The maximum absolute atomic E-state index is 10.6. The van der Waals surface area contributed by atoms with Crippen molar-refractivity contribution in [1.29, 1.82) is 0 Å². The molecule has 0 unspecified atom stereocenters. The zero-order valence-corrected chi connectivity index (χ0v) is 7.80. The van der Waals surface area contributed by atoms with Gasteiger partial charge in [0.25, 0.3) is 0 Å². The van der Waals surface area contributed by atoms with Crippen LogP contribution in [0.4, 0.5) is 0 Å². The molecule has 0 amide bonds. The van der Waals surface area contributed by atoms with Gasteiger partial charge in [-0.05, 0) is 13.3 Å². The Labute approximate surface area is 77.0 Å². The van der Waals surface area contributed by atoms with Gasteiger partial charge in [-0.3, -0.25) is 9.59 Å². The molecule has 0 N–H and O–H groups in total. The Bertz CT molecular complexity index is 134. The molecule has 0 fully saturated rings. The third-order valence-electron chi connectivity index (χ3n) is 0.860. The first-order valence-corrected chi connectivity index (χ1v) is 3.32. The van der Waals surface area contributed by atoms with E-state index in [4.69, 9.17) is 0 Å². The fraction of sp³-hybridized carbons (Fsp3) is 0.714. The van der Waals surface area contributed by atoms with Crippen molar-refractivity contribution < 1.29 is 31.4 Å². The first-order valence-electron chi connectivity index (χ1n) is 3.32. The molecule has 11 heavy (non-hydrogen) atoms. The van der Waals surface area contributed by atoms with Gasteiger partial charge in [-0.1, -0.05) is 6.92 Å². The molecule has 0 aliphatic heterocycles. The summed E-state index contributed by atoms with van der Waals surface area (Å²) in [6.07, 6.45) is 0.698. The summed E-state index contributed by atoms with van der Waals surface area (Å²) in [5.74, 6) is -0.574. The summed E-state index contributed by atoms with van der Waals surface area (Å²) in [4.78, 5) is 20.9. The zero-order chi connectivity index (χ0) is 7.98. The fourth-order valence-corrected chi connectivity index (χ4v) is 0.470. The van der Waals surface area contributed by atoms with E-state index in [0.717, 1.165) is 6.42 Å². The van der Waals surface area contributed by atoms with Crippen molar-refractivity contribution in [3.63, 3.8) is 0 Å². The van der Waals surface area contributed by atoms with Gasteiger partial charge < -0.3 is 4.74 Å². The van der Waals surface area contributed by atoms with Gasteiger partial charge >= 0.3 is 5.97 Å². The van der Waals surface area contributed by atoms with Gasteiger partial charge in [0.1, 0.15) is 12.2 Å². The van der Waals surface area contributed by atoms with Crippen LogP contribution in [0.15, 0.2) is 0 Å². The molecule has 0 rings (SSSR count). The standard InChI is InChI=1S/C7H12O3.Fe/c1-3-4-10-7(9)5-6(2)8;/h3-5H2,1-2H3;. The van der Waals surface area contributed by atoms with Crippen molar-refractivity contribution in [3.05, 3.63) is 0 Å². The number of Topliss-reactive ketones (excluding diaryl/α,β-unsaturated/α-hetero) is 1. The predicted octanol–water partition coefficient (Wildman–Crippen LogP) is 0.916. The molecular formula is C7H12FeO3. The minimum atomic E-state index is -0.422. The van der Waals surface area contributed by atoms with Crippen molar-refractivity contribution in [3.8, 4) is 0 Å². The van der Waals surface area contributed by atoms with E-state index in [0.29, 0.717) is 6.61 Å². The second kappa shape index (κ2) is 7.76. The van der Waals surface area contributed by atoms with E-state index in [2.05, 4.69) is 4.74 Å². The van der Waals surface area contributed by atoms with Crippen molar-refractivity contribution in [2.24, 2.45) is 0 Å². The fourth-order valence-electron chi connectivity index (χ4n) is 0.470. The van der Waals surface area contributed by atoms with Crippen LogP contribution in [0, 0.1) is 0 Å². The topological polar surface area (TPSA) is 43.4 Å². The summed E-state index contributed by atoms with van der Waals surface area (Å²) in [5, 5.41) is 0. The third-order valence-corrected chi connectivity index (χ3v) is 0.860. The van der Waals surface area contributed by atoms with Gasteiger partial charge in [0.15, 0.2) is 0 Å². The van der Waals surface area contributed by atoms with E-state index in [9.17, 15) is 9.59 Å². The molecule has 4 heteroatoms. The van der Waals surface area contributed by atoms with Gasteiger partial charge in [0.2, 0.25) is 0 Å². The van der Waals surface area contributed by atoms with Crippen LogP contribution in [0.1, 0.15) is 26.7 Å². The largest absolute Gasteiger partial charge is 0.465 e. The van der Waals surface area contributed by atoms with Crippen LogP contribution < -0.4 is 0 Å². The Morgan fingerprint density at radius 3 is 2.27 bits per heavy atom. The van der Waals surface area contributed by atoms with Gasteiger partial charge in [-0.25, -0.2) is 0 Å². The van der Waals surface area contributed by atoms with E-state index in [1.54, 1.807) is 0 Å². The van der Waals surface area contributed by atoms with Gasteiger partial charge in [0, 0.05) is 17.1 Å². The minimum Gasteiger partial charge on any atom is -0.465 e. The zero-order valence-electron chi connectivity index (χ0n) is 6.70. The van der Waals surface area contributed by atoms with Crippen molar-refractivity contribution in [2.75, 3.05) is 6.61 Å². The molecule has 0 aromatic rings. The Morgan fingerprint density at radius 1 is 1.36 bits per heavy atom. The van der Waals surface area contributed by atoms with Crippen LogP contribution in [0.2, 0.25) is 0 Å². The van der Waals surface area contributed by atoms with Crippen LogP contribution >= 0.6 is 0 Å². The number of hydrogen-bond donors (Lipinski definition) is 0. The number of rotatable bonds is 4. The summed E-state index contributed by atoms with van der Waals surface area (Å²) in [6.45, 7) is 3.68. The average Bonchev–Trinajstić information content (AvgIpc) is 1.82. The molecule has 0 atom stereocenters. The Morgan fingerprint density at radius 2 is 1.91 bits per heavy atom. The first kappa shape index (κ1) is 13.3. The molecule has 0 saturated heterocycles. The maximum Gasteiger partial charge on any atom is 0.313 e. The molecule has 3 nitrogen and oxygen atoms in total. The molecule has 0 bridgehead atoms. The van der Waals surface area contributed by atoms with Crippen molar-refractivity contribution in [1.82, 2.24) is 0 Å². The normalized spacial score (nSPS) is 8.18. The van der Waals surface area contributed by atoms with Crippen LogP contribution in [0.3, 0.4) is 0 Å². The van der Waals surface area contributed by atoms with Gasteiger partial charge in [-0.2, -0.15) is 0 Å². The SMILES string of the molecule is CCCOC(=O)CC(C)=O.[Fe]. The second-order valence-corrected chi connectivity index (χ2v) is 2.10. The molecule has 0 saturated carbocycles. The van der Waals surface area contributed by atoms with Crippen LogP contribution in [-0.2, 0) is 31.4 Å². The van der Waals surface area contributed by atoms with E-state index in [1.807, 2.05) is 6.92 Å². The third kappa shape index (κ3) is 9.66. The Hall–Kier alpha value is -0.341. The summed E-state index contributed by atoms with van der Waals surface area (Å²) < 4.78 is 4.64. The summed E-state index contributed by atoms with van der Waals surface area (Å²) >= 11 is 0. The second-order valence-electron chi connectivity index (χ2n) is 2.10. The summed E-state index contributed by atoms with van der Waals surface area (Å²) in [6, 6.07) is 0. The number of esters is 1. The van der Waals surface area contributed by atoms with Crippen LogP contribution in [0.25, 0.3) is 0 Å². The van der Waals surface area contributed by atoms with E-state index < -0.39 is 5.97 Å². The molecule has 0 aromatic heterocycles. The molecular weight excluding hydrogens is 188 g/mol. The van der Waals surface area contributed by atoms with Gasteiger partial charge in [0.05, 0.1) is 6.61 Å². The number of hydrogen-bond acceptors (Lipinski definition) is 3. The smallest absolute Gasteiger partial charge is 0.313 e. The Balaban J connectivity index is 0. The summed E-state index contributed by atoms with van der Waals surface area (Å²) in [5.41, 5.74) is 0. The maximum atomic E-state index is 10.6. The quantitative estimate of drug-likeness (QED) is 0.385. The molecule has 0 aliphatic carbocycles. The number of ketones is 1. The van der Waals surface area contributed by atoms with Gasteiger partial charge in [-0.15, -0.1) is 0 Å². The molecule has 66 valence electrons. The van der Waals surface area contributed by atoms with E-state index in [1.165, 1.54) is 6.92 Å². The number of ether oxygens (including phenoxy) is 1. The Kier molecular flexibility index (Phi) is 9.36. The number of carbonyl (C=O) groups is 2. The molecule has 0 spiro atoms. The number of carbonyl (C=O) groups excluding carboxylic acids is 2. The molecule has 0 aliphatic rings. The predicted molar refractivity (Wildman–Crippen MR) is 36.5 cm³/mol.